The van der Waals surface area contributed by atoms with Crippen molar-refractivity contribution in [2.45, 2.75) is 110 Å². The first-order valence-corrected chi connectivity index (χ1v) is 14.9. The smallest absolute Gasteiger partial charge is 0.314 e. The maximum atomic E-state index is 12.8. The normalized spacial score (nSPS) is 19.0. The van der Waals surface area contributed by atoms with E-state index >= 15 is 0 Å². The second kappa shape index (κ2) is 16.2. The minimum Gasteiger partial charge on any atom is -0.492 e. The van der Waals surface area contributed by atoms with Crippen LogP contribution in [0.2, 0.25) is 0 Å². The van der Waals surface area contributed by atoms with E-state index in [0.717, 1.165) is 68.6 Å². The number of carbonyl (C=O) groups excluding carboxylic acids is 1. The fourth-order valence-electron chi connectivity index (χ4n) is 5.32. The maximum absolute atomic E-state index is 12.8. The zero-order valence-electron chi connectivity index (χ0n) is 23.6. The van der Waals surface area contributed by atoms with Crippen LogP contribution in [0.4, 0.5) is 0 Å². The van der Waals surface area contributed by atoms with Crippen molar-refractivity contribution in [3.63, 3.8) is 0 Å². The Hall–Kier alpha value is -2.87. The number of hydrogen-bond donors (Lipinski definition) is 0. The molecule has 0 spiro atoms. The van der Waals surface area contributed by atoms with Gasteiger partial charge in [-0.25, -0.2) is 0 Å². The highest BCUT2D eigenvalue weighted by Crippen LogP contribution is 2.43. The van der Waals surface area contributed by atoms with Gasteiger partial charge in [0.1, 0.15) is 11.5 Å². The van der Waals surface area contributed by atoms with E-state index in [9.17, 15) is 10.1 Å². The minimum atomic E-state index is -0.257. The number of hydrogen-bond acceptors (Lipinski definition) is 5. The first-order chi connectivity index (χ1) is 18.6. The van der Waals surface area contributed by atoms with Gasteiger partial charge < -0.3 is 9.47 Å². The number of ether oxygens (including phenoxy) is 2. The highest BCUT2D eigenvalue weighted by atomic mass is 16.5. The SMILES string of the molecule is CCCCCCCOc1ccc(-c2ccc(OC(=O)C3CCC(C#N)(CCCCCCC)CC3)cc2)nc1. The third kappa shape index (κ3) is 9.46. The van der Waals surface area contributed by atoms with E-state index in [4.69, 9.17) is 9.47 Å². The standard InChI is InChI=1S/C33H46N2O3/c1-3-5-7-9-11-21-33(26-34)22-19-28(20-23-33)32(36)38-29-15-13-27(14-16-29)31-18-17-30(25-35-31)37-24-12-10-8-6-4-2/h13-18,25,28H,3-12,19-24H2,1-2H3. The maximum Gasteiger partial charge on any atom is 0.314 e. The molecule has 1 aromatic carbocycles. The molecule has 0 unspecified atom stereocenters. The molecule has 3 rings (SSSR count). The van der Waals surface area contributed by atoms with Crippen LogP contribution < -0.4 is 9.47 Å². The fraction of sp³-hybridized carbons (Fsp3) is 0.606. The van der Waals surface area contributed by atoms with Gasteiger partial charge in [0.25, 0.3) is 0 Å². The molecule has 206 valence electrons. The Morgan fingerprint density at radius 1 is 0.895 bits per heavy atom. The number of aromatic nitrogens is 1. The van der Waals surface area contributed by atoms with Gasteiger partial charge in [-0.15, -0.1) is 0 Å². The largest absolute Gasteiger partial charge is 0.492 e. The monoisotopic (exact) mass is 518 g/mol. The number of esters is 1. The summed E-state index contributed by atoms with van der Waals surface area (Å²) in [6.45, 7) is 5.16. The molecule has 0 atom stereocenters. The Balaban J connectivity index is 1.42. The van der Waals surface area contributed by atoms with Crippen LogP contribution in [0.25, 0.3) is 11.3 Å². The van der Waals surface area contributed by atoms with E-state index in [-0.39, 0.29) is 17.3 Å². The summed E-state index contributed by atoms with van der Waals surface area (Å²) in [6, 6.07) is 14.0. The number of nitrogens with zero attached hydrogens (tertiary/aromatic N) is 2. The van der Waals surface area contributed by atoms with Crippen LogP contribution >= 0.6 is 0 Å². The predicted molar refractivity (Wildman–Crippen MR) is 153 cm³/mol. The van der Waals surface area contributed by atoms with E-state index < -0.39 is 0 Å². The van der Waals surface area contributed by atoms with Crippen LogP contribution in [0.1, 0.15) is 110 Å². The van der Waals surface area contributed by atoms with Crippen molar-refractivity contribution in [1.82, 2.24) is 4.98 Å². The topological polar surface area (TPSA) is 72.2 Å². The molecular weight excluding hydrogens is 472 g/mol. The second-order valence-corrected chi connectivity index (χ2v) is 10.9. The van der Waals surface area contributed by atoms with Crippen molar-refractivity contribution in [2.75, 3.05) is 6.61 Å². The molecule has 38 heavy (non-hydrogen) atoms. The van der Waals surface area contributed by atoms with E-state index in [1.54, 1.807) is 6.20 Å². The first-order valence-electron chi connectivity index (χ1n) is 14.9. The lowest BCUT2D eigenvalue weighted by Crippen LogP contribution is -2.31. The number of unbranched alkanes of at least 4 members (excludes halogenated alkanes) is 8. The molecule has 5 heteroatoms. The summed E-state index contributed by atoms with van der Waals surface area (Å²) in [7, 11) is 0. The van der Waals surface area contributed by atoms with Gasteiger partial charge in [0.15, 0.2) is 0 Å². The van der Waals surface area contributed by atoms with Gasteiger partial charge in [0.05, 0.1) is 35.9 Å². The molecule has 0 bridgehead atoms. The van der Waals surface area contributed by atoms with E-state index in [1.807, 2.05) is 36.4 Å². The van der Waals surface area contributed by atoms with Crippen LogP contribution in [0.5, 0.6) is 11.5 Å². The second-order valence-electron chi connectivity index (χ2n) is 10.9. The number of benzene rings is 1. The summed E-state index contributed by atoms with van der Waals surface area (Å²) in [5, 5.41) is 9.84. The quantitative estimate of drug-likeness (QED) is 0.126. The van der Waals surface area contributed by atoms with Gasteiger partial charge in [-0.3, -0.25) is 9.78 Å². The summed E-state index contributed by atoms with van der Waals surface area (Å²) in [4.78, 5) is 17.4. The Morgan fingerprint density at radius 3 is 2.13 bits per heavy atom. The van der Waals surface area contributed by atoms with Crippen molar-refractivity contribution in [1.29, 1.82) is 5.26 Å². The average Bonchev–Trinajstić information content (AvgIpc) is 2.96. The molecule has 0 N–H and O–H groups in total. The van der Waals surface area contributed by atoms with Crippen LogP contribution in [0.15, 0.2) is 42.6 Å². The molecule has 0 saturated heterocycles. The van der Waals surface area contributed by atoms with Crippen molar-refractivity contribution in [3.8, 4) is 28.8 Å². The molecule has 2 aromatic rings. The summed E-state index contributed by atoms with van der Waals surface area (Å²) in [5.41, 5.74) is 1.56. The zero-order valence-corrected chi connectivity index (χ0v) is 23.6. The van der Waals surface area contributed by atoms with Gasteiger partial charge in [-0.05, 0) is 74.9 Å². The van der Waals surface area contributed by atoms with Crippen LogP contribution in [0, 0.1) is 22.7 Å². The molecule has 0 amide bonds. The van der Waals surface area contributed by atoms with Crippen molar-refractivity contribution in [2.24, 2.45) is 11.3 Å². The van der Waals surface area contributed by atoms with E-state index in [1.165, 1.54) is 51.4 Å². The average molecular weight is 519 g/mol. The molecule has 1 aliphatic carbocycles. The summed E-state index contributed by atoms with van der Waals surface area (Å²) >= 11 is 0. The van der Waals surface area contributed by atoms with Crippen molar-refractivity contribution >= 4 is 5.97 Å². The molecule has 1 aromatic heterocycles. The number of nitriles is 1. The highest BCUT2D eigenvalue weighted by Gasteiger charge is 2.37. The number of rotatable bonds is 16. The molecule has 0 radical (unpaired) electrons. The van der Waals surface area contributed by atoms with Gasteiger partial charge in [-0.1, -0.05) is 71.6 Å². The molecule has 0 aliphatic heterocycles. The molecule has 1 heterocycles. The zero-order chi connectivity index (χ0) is 27.1. The van der Waals surface area contributed by atoms with Crippen LogP contribution in [-0.4, -0.2) is 17.6 Å². The van der Waals surface area contributed by atoms with Crippen molar-refractivity contribution < 1.29 is 14.3 Å². The Bertz CT molecular complexity index is 986. The Kier molecular flexibility index (Phi) is 12.6. The van der Waals surface area contributed by atoms with Crippen LogP contribution in [0.3, 0.4) is 0 Å². The summed E-state index contributed by atoms with van der Waals surface area (Å²) in [6.07, 6.45) is 17.9. The van der Waals surface area contributed by atoms with Gasteiger partial charge in [0, 0.05) is 5.56 Å². The number of pyridine rings is 1. The molecule has 1 aliphatic rings. The van der Waals surface area contributed by atoms with Crippen LogP contribution in [-0.2, 0) is 4.79 Å². The Morgan fingerprint density at radius 2 is 1.53 bits per heavy atom. The fourth-order valence-corrected chi connectivity index (χ4v) is 5.32. The van der Waals surface area contributed by atoms with E-state index in [2.05, 4.69) is 24.9 Å². The summed E-state index contributed by atoms with van der Waals surface area (Å²) in [5.74, 6) is 1.03. The lowest BCUT2D eigenvalue weighted by Gasteiger charge is -2.34. The van der Waals surface area contributed by atoms with Gasteiger partial charge in [-0.2, -0.15) is 5.26 Å². The lowest BCUT2D eigenvalue weighted by atomic mass is 9.69. The summed E-state index contributed by atoms with van der Waals surface area (Å²) < 4.78 is 11.5. The molecule has 1 saturated carbocycles. The highest BCUT2D eigenvalue weighted by molar-refractivity contribution is 5.75. The molecule has 5 nitrogen and oxygen atoms in total. The van der Waals surface area contributed by atoms with Gasteiger partial charge in [0.2, 0.25) is 0 Å². The third-order valence-electron chi connectivity index (χ3n) is 7.89. The number of carbonyl (C=O) groups is 1. The third-order valence-corrected chi connectivity index (χ3v) is 7.89. The van der Waals surface area contributed by atoms with Gasteiger partial charge >= 0.3 is 5.97 Å². The molecule has 1 fully saturated rings. The molecular formula is C33H46N2O3. The minimum absolute atomic E-state index is 0.128. The first kappa shape index (κ1) is 29.7. The van der Waals surface area contributed by atoms with E-state index in [0.29, 0.717) is 5.75 Å². The lowest BCUT2D eigenvalue weighted by molar-refractivity contribution is -0.140. The predicted octanol–water partition coefficient (Wildman–Crippen LogP) is 9.06. The Labute approximate surface area is 230 Å². The van der Waals surface area contributed by atoms with Crippen molar-refractivity contribution in [3.05, 3.63) is 42.6 Å².